The maximum absolute atomic E-state index is 4.26. The summed E-state index contributed by atoms with van der Waals surface area (Å²) in [5.41, 5.74) is 1.15. The molecule has 0 aliphatic heterocycles. The monoisotopic (exact) mass is 226 g/mol. The molecule has 0 N–H and O–H groups in total. The van der Waals surface area contributed by atoms with Gasteiger partial charge in [-0.15, -0.1) is 10.2 Å². The second-order valence-corrected chi connectivity index (χ2v) is 3.64. The van der Waals surface area contributed by atoms with Crippen LogP contribution >= 0.6 is 0 Å². The first-order valence-corrected chi connectivity index (χ1v) is 5.42. The zero-order chi connectivity index (χ0) is 12.1. The molecule has 0 aliphatic carbocycles. The molecule has 1 aromatic carbocycles. The van der Waals surface area contributed by atoms with Crippen LogP contribution in [0, 0.1) is 13.8 Å². The molecule has 0 bridgehead atoms. The third-order valence-electron chi connectivity index (χ3n) is 2.31. The van der Waals surface area contributed by atoms with Gasteiger partial charge < -0.3 is 0 Å². The van der Waals surface area contributed by atoms with Crippen molar-refractivity contribution in [3.63, 3.8) is 0 Å². The van der Waals surface area contributed by atoms with Crippen molar-refractivity contribution >= 4 is 12.3 Å². The van der Waals surface area contributed by atoms with Gasteiger partial charge in [-0.1, -0.05) is 36.4 Å². The number of benzene rings is 1. The number of aryl methyl sites for hydroxylation is 2. The van der Waals surface area contributed by atoms with Crippen LogP contribution in [0.15, 0.2) is 41.5 Å². The van der Waals surface area contributed by atoms with E-state index in [1.54, 1.807) is 10.9 Å². The predicted octanol–water partition coefficient (Wildman–Crippen LogP) is 2.44. The van der Waals surface area contributed by atoms with Gasteiger partial charge in [0.1, 0.15) is 0 Å². The van der Waals surface area contributed by atoms with Crippen LogP contribution in [-0.2, 0) is 0 Å². The van der Waals surface area contributed by atoms with Crippen molar-refractivity contribution in [1.82, 2.24) is 14.9 Å². The van der Waals surface area contributed by atoms with E-state index in [1.807, 2.05) is 56.3 Å². The summed E-state index contributed by atoms with van der Waals surface area (Å²) in [6.07, 6.45) is 5.63. The largest absolute Gasteiger partial charge is 0.202 e. The van der Waals surface area contributed by atoms with Gasteiger partial charge in [0.2, 0.25) is 0 Å². The molecule has 1 aromatic heterocycles. The fourth-order valence-electron chi connectivity index (χ4n) is 1.45. The minimum atomic E-state index is 0.784. The van der Waals surface area contributed by atoms with Crippen molar-refractivity contribution < 1.29 is 0 Å². The number of hydrogen-bond acceptors (Lipinski definition) is 3. The molecule has 2 rings (SSSR count). The molecule has 2 aromatic rings. The van der Waals surface area contributed by atoms with Crippen molar-refractivity contribution in [3.8, 4) is 0 Å². The second kappa shape index (κ2) is 5.21. The fourth-order valence-corrected chi connectivity index (χ4v) is 1.45. The maximum Gasteiger partial charge on any atom is 0.151 e. The third kappa shape index (κ3) is 2.87. The number of allylic oxidation sites excluding steroid dienone is 1. The Kier molecular flexibility index (Phi) is 3.45. The highest BCUT2D eigenvalue weighted by Crippen LogP contribution is 2.00. The molecule has 0 atom stereocenters. The van der Waals surface area contributed by atoms with Gasteiger partial charge in [0.25, 0.3) is 0 Å². The summed E-state index contributed by atoms with van der Waals surface area (Å²) >= 11 is 0. The molecule has 0 radical (unpaired) electrons. The zero-order valence-corrected chi connectivity index (χ0v) is 9.91. The lowest BCUT2D eigenvalue weighted by atomic mass is 10.2. The van der Waals surface area contributed by atoms with Gasteiger partial charge in [-0.25, -0.2) is 4.68 Å². The lowest BCUT2D eigenvalue weighted by Gasteiger charge is -1.94. The van der Waals surface area contributed by atoms with Crippen LogP contribution < -0.4 is 0 Å². The fraction of sp³-hybridized carbons (Fsp3) is 0.154. The highest BCUT2D eigenvalue weighted by Gasteiger charge is 1.99. The lowest BCUT2D eigenvalue weighted by molar-refractivity contribution is 0.799. The highest BCUT2D eigenvalue weighted by atomic mass is 15.4. The number of nitrogens with zero attached hydrogens (tertiary/aromatic N) is 4. The van der Waals surface area contributed by atoms with Crippen LogP contribution in [0.2, 0.25) is 0 Å². The number of rotatable bonds is 3. The Morgan fingerprint density at radius 2 is 1.71 bits per heavy atom. The van der Waals surface area contributed by atoms with Gasteiger partial charge in [0, 0.05) is 6.21 Å². The summed E-state index contributed by atoms with van der Waals surface area (Å²) in [5.74, 6) is 1.57. The smallest absolute Gasteiger partial charge is 0.151 e. The van der Waals surface area contributed by atoms with Crippen molar-refractivity contribution in [2.45, 2.75) is 13.8 Å². The summed E-state index contributed by atoms with van der Waals surface area (Å²) < 4.78 is 1.70. The first-order chi connectivity index (χ1) is 8.27. The van der Waals surface area contributed by atoms with E-state index in [4.69, 9.17) is 0 Å². The van der Waals surface area contributed by atoms with E-state index in [0.717, 1.165) is 17.2 Å². The molecule has 4 heteroatoms. The molecule has 1 heterocycles. The second-order valence-electron chi connectivity index (χ2n) is 3.64. The summed E-state index contributed by atoms with van der Waals surface area (Å²) in [5, 5.41) is 12.1. The van der Waals surface area contributed by atoms with Gasteiger partial charge >= 0.3 is 0 Å². The Bertz CT molecular complexity index is 518. The van der Waals surface area contributed by atoms with Crippen LogP contribution in [-0.4, -0.2) is 21.1 Å². The van der Waals surface area contributed by atoms with E-state index in [0.29, 0.717) is 0 Å². The SMILES string of the molecule is Cc1nnc(C)n1/N=C/C=C/c1ccccc1. The molecule has 0 saturated heterocycles. The summed E-state index contributed by atoms with van der Waals surface area (Å²) in [6.45, 7) is 3.75. The molecule has 0 saturated carbocycles. The van der Waals surface area contributed by atoms with Gasteiger partial charge in [0.05, 0.1) is 0 Å². The Morgan fingerprint density at radius 1 is 1.06 bits per heavy atom. The molecule has 0 spiro atoms. The Morgan fingerprint density at radius 3 is 2.35 bits per heavy atom. The van der Waals surface area contributed by atoms with Crippen molar-refractivity contribution in [2.75, 3.05) is 0 Å². The standard InChI is InChI=1S/C13H14N4/c1-11-15-16-12(2)17(11)14-10-6-9-13-7-4-3-5-8-13/h3-10H,1-2H3/b9-6+,14-10+. The lowest BCUT2D eigenvalue weighted by Crippen LogP contribution is -1.94. The Balaban J connectivity index is 2.06. The maximum atomic E-state index is 4.26. The van der Waals surface area contributed by atoms with Crippen LogP contribution in [0.5, 0.6) is 0 Å². The van der Waals surface area contributed by atoms with E-state index >= 15 is 0 Å². The predicted molar refractivity (Wildman–Crippen MR) is 68.9 cm³/mol. The van der Waals surface area contributed by atoms with E-state index < -0.39 is 0 Å². The highest BCUT2D eigenvalue weighted by molar-refractivity contribution is 5.78. The average Bonchev–Trinajstić information content (AvgIpc) is 2.67. The number of aromatic nitrogens is 3. The van der Waals surface area contributed by atoms with Crippen molar-refractivity contribution in [3.05, 3.63) is 53.6 Å². The van der Waals surface area contributed by atoms with Crippen molar-refractivity contribution in [1.29, 1.82) is 0 Å². The van der Waals surface area contributed by atoms with E-state index in [2.05, 4.69) is 15.3 Å². The third-order valence-corrected chi connectivity index (χ3v) is 2.31. The Labute approximate surface area is 100 Å². The molecule has 0 amide bonds. The van der Waals surface area contributed by atoms with Gasteiger partial charge in [-0.2, -0.15) is 5.10 Å². The summed E-state index contributed by atoms with van der Waals surface area (Å²) in [6, 6.07) is 10.1. The molecule has 86 valence electrons. The Hall–Kier alpha value is -2.23. The van der Waals surface area contributed by atoms with Crippen LogP contribution in [0.3, 0.4) is 0 Å². The van der Waals surface area contributed by atoms with E-state index in [9.17, 15) is 0 Å². The molecule has 4 nitrogen and oxygen atoms in total. The van der Waals surface area contributed by atoms with E-state index in [1.165, 1.54) is 0 Å². The van der Waals surface area contributed by atoms with Gasteiger partial charge in [-0.3, -0.25) is 0 Å². The quantitative estimate of drug-likeness (QED) is 0.754. The van der Waals surface area contributed by atoms with Gasteiger partial charge in [-0.05, 0) is 25.5 Å². The molecular weight excluding hydrogens is 212 g/mol. The number of hydrogen-bond donors (Lipinski definition) is 0. The topological polar surface area (TPSA) is 43.1 Å². The minimum absolute atomic E-state index is 0.784. The normalized spacial score (nSPS) is 11.6. The molecular formula is C13H14N4. The van der Waals surface area contributed by atoms with Crippen LogP contribution in [0.4, 0.5) is 0 Å². The first kappa shape index (κ1) is 11.3. The molecule has 0 aliphatic rings. The molecule has 0 unspecified atom stereocenters. The average molecular weight is 226 g/mol. The van der Waals surface area contributed by atoms with Crippen LogP contribution in [0.1, 0.15) is 17.2 Å². The molecule has 17 heavy (non-hydrogen) atoms. The van der Waals surface area contributed by atoms with Gasteiger partial charge in [0.15, 0.2) is 11.6 Å². The first-order valence-electron chi connectivity index (χ1n) is 5.42. The summed E-state index contributed by atoms with van der Waals surface area (Å²) in [7, 11) is 0. The van der Waals surface area contributed by atoms with E-state index in [-0.39, 0.29) is 0 Å². The molecule has 0 fully saturated rings. The minimum Gasteiger partial charge on any atom is -0.202 e. The summed E-state index contributed by atoms with van der Waals surface area (Å²) in [4.78, 5) is 0. The van der Waals surface area contributed by atoms with Crippen molar-refractivity contribution in [2.24, 2.45) is 5.10 Å². The van der Waals surface area contributed by atoms with Crippen LogP contribution in [0.25, 0.3) is 6.08 Å². The zero-order valence-electron chi connectivity index (χ0n) is 9.91.